The van der Waals surface area contributed by atoms with Crippen molar-refractivity contribution in [1.82, 2.24) is 9.55 Å². The molecule has 10 heteroatoms. The lowest BCUT2D eigenvalue weighted by atomic mass is 9.80. The molecular weight excluding hydrogens is 586 g/mol. The van der Waals surface area contributed by atoms with Crippen LogP contribution in [0.15, 0.2) is 102 Å². The summed E-state index contributed by atoms with van der Waals surface area (Å²) in [6, 6.07) is 29.7. The van der Waals surface area contributed by atoms with Gasteiger partial charge in [0.15, 0.2) is 0 Å². The van der Waals surface area contributed by atoms with E-state index in [9.17, 15) is 9.59 Å². The third-order valence-corrected chi connectivity index (χ3v) is 7.83. The van der Waals surface area contributed by atoms with Gasteiger partial charge in [-0.1, -0.05) is 72.8 Å². The Hall–Kier alpha value is -4.51. The Balaban J connectivity index is 1.43. The molecule has 0 bridgehead atoms. The number of carbonyl (C=O) groups is 1. The molecule has 46 heavy (non-hydrogen) atoms. The Morgan fingerprint density at radius 2 is 1.50 bits per heavy atom. The fourth-order valence-electron chi connectivity index (χ4n) is 5.74. The molecule has 1 saturated heterocycles. The van der Waals surface area contributed by atoms with E-state index in [4.69, 9.17) is 23.7 Å². The minimum absolute atomic E-state index is 0.0943. The zero-order valence-electron chi connectivity index (χ0n) is 26.8. The maximum atomic E-state index is 13.1. The highest BCUT2D eigenvalue weighted by molar-refractivity contribution is 5.83. The first-order chi connectivity index (χ1) is 22.1. The SMILES string of the molecule is COC[C@H]1O[C@@H](n2ccc(NC(=O)OC(C)(C)C)nc2=O)C[C@@H]1COC(c1ccccc1)(c1ccccc1)c1ccc(OC)cc1. The van der Waals surface area contributed by atoms with Gasteiger partial charge in [-0.15, -0.1) is 0 Å². The van der Waals surface area contributed by atoms with E-state index >= 15 is 0 Å². The van der Waals surface area contributed by atoms with Crippen LogP contribution in [0, 0.1) is 5.92 Å². The average Bonchev–Trinajstić information content (AvgIpc) is 3.44. The molecule has 1 aliphatic heterocycles. The van der Waals surface area contributed by atoms with Crippen LogP contribution in [0.1, 0.15) is 50.1 Å². The molecule has 2 heterocycles. The molecule has 0 radical (unpaired) electrons. The highest BCUT2D eigenvalue weighted by atomic mass is 16.6. The number of nitrogens with zero attached hydrogens (tertiary/aromatic N) is 2. The van der Waals surface area contributed by atoms with E-state index in [1.807, 2.05) is 60.7 Å². The van der Waals surface area contributed by atoms with Crippen molar-refractivity contribution in [3.8, 4) is 5.75 Å². The monoisotopic (exact) mass is 627 g/mol. The maximum Gasteiger partial charge on any atom is 0.413 e. The number of nitrogens with one attached hydrogen (secondary N) is 1. The van der Waals surface area contributed by atoms with E-state index in [1.54, 1.807) is 47.3 Å². The molecule has 0 unspecified atom stereocenters. The Morgan fingerprint density at radius 1 is 0.891 bits per heavy atom. The number of benzene rings is 3. The van der Waals surface area contributed by atoms with Crippen LogP contribution < -0.4 is 15.7 Å². The van der Waals surface area contributed by atoms with Crippen LogP contribution in [0.5, 0.6) is 5.75 Å². The second kappa shape index (κ2) is 14.3. The molecule has 1 aromatic heterocycles. The van der Waals surface area contributed by atoms with Gasteiger partial charge in [-0.05, 0) is 55.7 Å². The summed E-state index contributed by atoms with van der Waals surface area (Å²) in [6.45, 7) is 5.89. The van der Waals surface area contributed by atoms with Crippen molar-refractivity contribution >= 4 is 11.9 Å². The number of aromatic nitrogens is 2. The Kier molecular flexibility index (Phi) is 10.2. The highest BCUT2D eigenvalue weighted by Gasteiger charge is 2.42. The van der Waals surface area contributed by atoms with Gasteiger partial charge in [0, 0.05) is 25.6 Å². The predicted octanol–water partition coefficient (Wildman–Crippen LogP) is 6.16. The van der Waals surface area contributed by atoms with Gasteiger partial charge >= 0.3 is 11.8 Å². The number of methoxy groups -OCH3 is 2. The number of anilines is 1. The summed E-state index contributed by atoms with van der Waals surface area (Å²) in [6.07, 6.45) is 0.408. The normalized spacial score (nSPS) is 18.2. The third kappa shape index (κ3) is 7.47. The van der Waals surface area contributed by atoms with Crippen LogP contribution in [0.4, 0.5) is 10.6 Å². The Labute approximate surface area is 269 Å². The molecule has 3 aromatic carbocycles. The molecule has 10 nitrogen and oxygen atoms in total. The topological polar surface area (TPSA) is 110 Å². The molecule has 242 valence electrons. The van der Waals surface area contributed by atoms with Gasteiger partial charge < -0.3 is 23.7 Å². The van der Waals surface area contributed by atoms with Crippen LogP contribution in [0.25, 0.3) is 0 Å². The number of carbonyl (C=O) groups excluding carboxylic acids is 1. The van der Waals surface area contributed by atoms with E-state index in [0.717, 1.165) is 22.4 Å². The van der Waals surface area contributed by atoms with Gasteiger partial charge in [-0.25, -0.2) is 9.59 Å². The van der Waals surface area contributed by atoms with Crippen LogP contribution in [-0.4, -0.2) is 54.8 Å². The van der Waals surface area contributed by atoms with Crippen LogP contribution >= 0.6 is 0 Å². The lowest BCUT2D eigenvalue weighted by Gasteiger charge is -2.37. The highest BCUT2D eigenvalue weighted by Crippen LogP contribution is 2.43. The number of rotatable bonds is 11. The minimum Gasteiger partial charge on any atom is -0.497 e. The molecule has 1 aliphatic rings. The Morgan fingerprint density at radius 3 is 2.04 bits per heavy atom. The van der Waals surface area contributed by atoms with Crippen LogP contribution in [-0.2, 0) is 24.5 Å². The fraction of sp³-hybridized carbons (Fsp3) is 0.361. The zero-order valence-corrected chi connectivity index (χ0v) is 26.8. The summed E-state index contributed by atoms with van der Waals surface area (Å²) >= 11 is 0. The lowest BCUT2D eigenvalue weighted by Crippen LogP contribution is -2.36. The lowest BCUT2D eigenvalue weighted by molar-refractivity contribution is -0.0627. The molecule has 1 amide bonds. The molecule has 1 N–H and O–H groups in total. The average molecular weight is 628 g/mol. The first kappa shape index (κ1) is 32.9. The number of ether oxygens (including phenoxy) is 5. The summed E-state index contributed by atoms with van der Waals surface area (Å²) in [5, 5.41) is 2.51. The van der Waals surface area contributed by atoms with Gasteiger partial charge in [0.1, 0.15) is 29.0 Å². The van der Waals surface area contributed by atoms with Gasteiger partial charge in [0.2, 0.25) is 0 Å². The predicted molar refractivity (Wildman–Crippen MR) is 174 cm³/mol. The second-order valence-electron chi connectivity index (χ2n) is 12.2. The van der Waals surface area contributed by atoms with Crippen molar-refractivity contribution in [2.24, 2.45) is 5.92 Å². The molecule has 0 spiro atoms. The van der Waals surface area contributed by atoms with Crippen molar-refractivity contribution in [1.29, 1.82) is 0 Å². The smallest absolute Gasteiger partial charge is 0.413 e. The van der Waals surface area contributed by atoms with Crippen LogP contribution in [0.3, 0.4) is 0 Å². The minimum atomic E-state index is -0.947. The van der Waals surface area contributed by atoms with Gasteiger partial charge in [0.25, 0.3) is 0 Å². The fourth-order valence-corrected chi connectivity index (χ4v) is 5.74. The summed E-state index contributed by atoms with van der Waals surface area (Å²) < 4.78 is 31.1. The van der Waals surface area contributed by atoms with Crippen molar-refractivity contribution in [3.63, 3.8) is 0 Å². The van der Waals surface area contributed by atoms with E-state index in [2.05, 4.69) is 34.6 Å². The van der Waals surface area contributed by atoms with Gasteiger partial charge in [-0.2, -0.15) is 4.98 Å². The van der Waals surface area contributed by atoms with Crippen molar-refractivity contribution < 1.29 is 28.5 Å². The third-order valence-electron chi connectivity index (χ3n) is 7.83. The first-order valence-electron chi connectivity index (χ1n) is 15.3. The zero-order chi connectivity index (χ0) is 32.7. The molecule has 5 rings (SSSR count). The Bertz CT molecular complexity index is 1600. The maximum absolute atomic E-state index is 13.1. The van der Waals surface area contributed by atoms with E-state index < -0.39 is 29.2 Å². The molecular formula is C36H41N3O7. The molecule has 3 atom stereocenters. The van der Waals surface area contributed by atoms with Gasteiger partial charge in [-0.3, -0.25) is 9.88 Å². The summed E-state index contributed by atoms with van der Waals surface area (Å²) in [5.41, 5.74) is 0.696. The molecule has 0 aliphatic carbocycles. The summed E-state index contributed by atoms with van der Waals surface area (Å²) in [4.78, 5) is 29.3. The molecule has 1 fully saturated rings. The quantitative estimate of drug-likeness (QED) is 0.197. The standard InChI is InChI=1S/C36H41N3O7/c1-35(2,3)46-34(41)38-31-20-21-39(33(40)37-31)32-22-25(30(45-32)24-42-4)23-44-36(26-12-8-6-9-13-26,27-14-10-7-11-15-27)28-16-18-29(43-5)19-17-28/h6-21,25,30,32H,22-24H2,1-5H3,(H,37,38,40,41)/t25-,30-,32-/m1/s1. The van der Waals surface area contributed by atoms with E-state index in [-0.39, 0.29) is 17.8 Å². The molecule has 0 saturated carbocycles. The van der Waals surface area contributed by atoms with Crippen molar-refractivity contribution in [2.75, 3.05) is 32.8 Å². The van der Waals surface area contributed by atoms with Crippen molar-refractivity contribution in [3.05, 3.63) is 124 Å². The molecule has 4 aromatic rings. The summed E-state index contributed by atoms with van der Waals surface area (Å²) in [7, 11) is 3.26. The van der Waals surface area contributed by atoms with Crippen LogP contribution in [0.2, 0.25) is 0 Å². The second-order valence-corrected chi connectivity index (χ2v) is 12.2. The number of hydrogen-bond donors (Lipinski definition) is 1. The number of amides is 1. The van der Waals surface area contributed by atoms with E-state index in [1.165, 1.54) is 4.57 Å². The van der Waals surface area contributed by atoms with Gasteiger partial charge in [0.05, 0.1) is 26.4 Å². The van der Waals surface area contributed by atoms with Crippen molar-refractivity contribution in [2.45, 2.75) is 50.7 Å². The van der Waals surface area contributed by atoms with E-state index in [0.29, 0.717) is 19.6 Å². The number of hydrogen-bond acceptors (Lipinski definition) is 8. The largest absolute Gasteiger partial charge is 0.497 e. The first-order valence-corrected chi connectivity index (χ1v) is 15.3. The summed E-state index contributed by atoms with van der Waals surface area (Å²) in [5.74, 6) is 0.718.